The minimum Gasteiger partial charge on any atom is -0.478 e. The minimum atomic E-state index is -1.19. The molecule has 1 aromatic heterocycles. The van der Waals surface area contributed by atoms with E-state index < -0.39 is 17.8 Å². The number of ketones is 1. The fraction of sp³-hybridized carbons (Fsp3) is 0.250. The molecule has 0 aliphatic rings. The standard InChI is InChI=1S/C12H13NO4S/c1-8(14)13-10(7-9-3-2-6-18-9)11(15)4-5-12(16)17/h2-6,10H,7H2,1H3,(H,13,14)(H,16,17)/b5-4+. The number of carboxylic acids is 1. The van der Waals surface area contributed by atoms with Crippen LogP contribution in [-0.2, 0) is 20.8 Å². The lowest BCUT2D eigenvalue weighted by Gasteiger charge is -2.13. The monoisotopic (exact) mass is 267 g/mol. The van der Waals surface area contributed by atoms with Gasteiger partial charge in [-0.3, -0.25) is 9.59 Å². The first-order valence-electron chi connectivity index (χ1n) is 5.23. The summed E-state index contributed by atoms with van der Waals surface area (Å²) in [7, 11) is 0. The molecule has 1 amide bonds. The van der Waals surface area contributed by atoms with E-state index in [0.717, 1.165) is 17.0 Å². The Kier molecular flexibility index (Phi) is 5.26. The topological polar surface area (TPSA) is 83.5 Å². The molecule has 0 aliphatic carbocycles. The van der Waals surface area contributed by atoms with Crippen LogP contribution >= 0.6 is 11.3 Å². The van der Waals surface area contributed by atoms with Crippen molar-refractivity contribution in [2.45, 2.75) is 19.4 Å². The highest BCUT2D eigenvalue weighted by Gasteiger charge is 2.18. The zero-order chi connectivity index (χ0) is 13.5. The molecule has 18 heavy (non-hydrogen) atoms. The lowest BCUT2D eigenvalue weighted by atomic mass is 10.1. The maximum absolute atomic E-state index is 11.7. The summed E-state index contributed by atoms with van der Waals surface area (Å²) in [5.74, 6) is -1.95. The molecule has 1 aromatic rings. The predicted molar refractivity (Wildman–Crippen MR) is 67.4 cm³/mol. The van der Waals surface area contributed by atoms with Gasteiger partial charge in [0.05, 0.1) is 6.04 Å². The van der Waals surface area contributed by atoms with Gasteiger partial charge < -0.3 is 10.4 Å². The highest BCUT2D eigenvalue weighted by molar-refractivity contribution is 7.09. The Morgan fingerprint density at radius 3 is 2.67 bits per heavy atom. The fourth-order valence-corrected chi connectivity index (χ4v) is 2.12. The van der Waals surface area contributed by atoms with Crippen molar-refractivity contribution in [2.75, 3.05) is 0 Å². The van der Waals surface area contributed by atoms with Crippen LogP contribution < -0.4 is 5.32 Å². The maximum Gasteiger partial charge on any atom is 0.328 e. The lowest BCUT2D eigenvalue weighted by molar-refractivity contribution is -0.131. The van der Waals surface area contributed by atoms with Gasteiger partial charge >= 0.3 is 5.97 Å². The van der Waals surface area contributed by atoms with E-state index in [1.54, 1.807) is 0 Å². The first kappa shape index (κ1) is 14.1. The van der Waals surface area contributed by atoms with Crippen molar-refractivity contribution >= 4 is 29.0 Å². The van der Waals surface area contributed by atoms with Gasteiger partial charge in [-0.15, -0.1) is 11.3 Å². The molecule has 0 spiro atoms. The van der Waals surface area contributed by atoms with Crippen LogP contribution in [0.3, 0.4) is 0 Å². The minimum absolute atomic E-state index is 0.325. The van der Waals surface area contributed by atoms with Crippen molar-refractivity contribution in [3.63, 3.8) is 0 Å². The number of thiophene rings is 1. The number of amides is 1. The van der Waals surface area contributed by atoms with Crippen LogP contribution in [0.4, 0.5) is 0 Å². The molecular formula is C12H13NO4S. The normalized spacial score (nSPS) is 12.3. The zero-order valence-corrected chi connectivity index (χ0v) is 10.6. The number of nitrogens with one attached hydrogen (secondary N) is 1. The Labute approximate surface area is 108 Å². The molecule has 0 bridgehead atoms. The lowest BCUT2D eigenvalue weighted by Crippen LogP contribution is -2.40. The molecule has 96 valence electrons. The highest BCUT2D eigenvalue weighted by atomic mass is 32.1. The third kappa shape index (κ3) is 4.92. The molecule has 0 fully saturated rings. The molecule has 1 unspecified atom stereocenters. The molecular weight excluding hydrogens is 254 g/mol. The van der Waals surface area contributed by atoms with Gasteiger partial charge in [0.2, 0.25) is 5.91 Å². The van der Waals surface area contributed by atoms with Crippen molar-refractivity contribution in [1.29, 1.82) is 0 Å². The summed E-state index contributed by atoms with van der Waals surface area (Å²) >= 11 is 1.48. The number of hydrogen-bond acceptors (Lipinski definition) is 4. The third-order valence-electron chi connectivity index (χ3n) is 2.10. The van der Waals surface area contributed by atoms with Crippen LogP contribution in [0.25, 0.3) is 0 Å². The van der Waals surface area contributed by atoms with Gasteiger partial charge in [0.15, 0.2) is 5.78 Å². The molecule has 6 heteroatoms. The zero-order valence-electron chi connectivity index (χ0n) is 9.75. The fourth-order valence-electron chi connectivity index (χ4n) is 1.37. The van der Waals surface area contributed by atoms with Crippen molar-refractivity contribution < 1.29 is 19.5 Å². The summed E-state index contributed by atoms with van der Waals surface area (Å²) in [6, 6.07) is 2.98. The SMILES string of the molecule is CC(=O)NC(Cc1cccs1)C(=O)/C=C/C(=O)O. The maximum atomic E-state index is 11.7. The largest absolute Gasteiger partial charge is 0.478 e. The smallest absolute Gasteiger partial charge is 0.328 e. The van der Waals surface area contributed by atoms with E-state index >= 15 is 0 Å². The molecule has 1 rings (SSSR count). The van der Waals surface area contributed by atoms with Gasteiger partial charge in [0.25, 0.3) is 0 Å². The van der Waals surface area contributed by atoms with Crippen molar-refractivity contribution in [3.8, 4) is 0 Å². The van der Waals surface area contributed by atoms with Gasteiger partial charge in [-0.05, 0) is 17.5 Å². The number of aliphatic carboxylic acids is 1. The summed E-state index contributed by atoms with van der Waals surface area (Å²) in [6.45, 7) is 1.32. The van der Waals surface area contributed by atoms with E-state index in [0.29, 0.717) is 6.42 Å². The van der Waals surface area contributed by atoms with Crippen LogP contribution in [0, 0.1) is 0 Å². The first-order valence-corrected chi connectivity index (χ1v) is 6.11. The predicted octanol–water partition coefficient (Wildman–Crippen LogP) is 1.01. The molecule has 1 heterocycles. The van der Waals surface area contributed by atoms with E-state index in [1.807, 2.05) is 17.5 Å². The van der Waals surface area contributed by atoms with Crippen LogP contribution in [0.5, 0.6) is 0 Å². The number of carboxylic acid groups (broad SMARTS) is 1. The summed E-state index contributed by atoms with van der Waals surface area (Å²) in [6.07, 6.45) is 2.10. The second kappa shape index (κ2) is 6.70. The number of rotatable bonds is 6. The summed E-state index contributed by atoms with van der Waals surface area (Å²) < 4.78 is 0. The van der Waals surface area contributed by atoms with E-state index in [-0.39, 0.29) is 5.91 Å². The molecule has 0 radical (unpaired) electrons. The van der Waals surface area contributed by atoms with E-state index in [2.05, 4.69) is 5.32 Å². The Morgan fingerprint density at radius 2 is 2.17 bits per heavy atom. The summed E-state index contributed by atoms with van der Waals surface area (Å²) in [5, 5.41) is 12.8. The van der Waals surface area contributed by atoms with Crippen LogP contribution in [0.2, 0.25) is 0 Å². The second-order valence-electron chi connectivity index (χ2n) is 3.61. The van der Waals surface area contributed by atoms with E-state index in [4.69, 9.17) is 5.11 Å². The Hall–Kier alpha value is -1.95. The molecule has 0 aliphatic heterocycles. The van der Waals surface area contributed by atoms with Crippen molar-refractivity contribution in [2.24, 2.45) is 0 Å². The van der Waals surface area contributed by atoms with Crippen molar-refractivity contribution in [3.05, 3.63) is 34.5 Å². The molecule has 0 saturated heterocycles. The molecule has 1 atom stereocenters. The Balaban J connectivity index is 2.74. The number of carbonyl (C=O) groups excluding carboxylic acids is 2. The van der Waals surface area contributed by atoms with Crippen molar-refractivity contribution in [1.82, 2.24) is 5.32 Å². The number of carbonyl (C=O) groups is 3. The number of hydrogen-bond donors (Lipinski definition) is 2. The third-order valence-corrected chi connectivity index (χ3v) is 3.00. The summed E-state index contributed by atoms with van der Waals surface area (Å²) in [4.78, 5) is 34.1. The van der Waals surface area contributed by atoms with Crippen LogP contribution in [0.15, 0.2) is 29.7 Å². The first-order chi connectivity index (χ1) is 8.49. The molecule has 0 saturated carbocycles. The van der Waals surface area contributed by atoms with E-state index in [1.165, 1.54) is 18.3 Å². The summed E-state index contributed by atoms with van der Waals surface area (Å²) in [5.41, 5.74) is 0. The quantitative estimate of drug-likeness (QED) is 0.753. The van der Waals surface area contributed by atoms with Gasteiger partial charge in [-0.2, -0.15) is 0 Å². The van der Waals surface area contributed by atoms with Gasteiger partial charge in [0.1, 0.15) is 0 Å². The average molecular weight is 267 g/mol. The molecule has 5 nitrogen and oxygen atoms in total. The van der Waals surface area contributed by atoms with Gasteiger partial charge in [-0.1, -0.05) is 6.07 Å². The Bertz CT molecular complexity index is 464. The van der Waals surface area contributed by atoms with Gasteiger partial charge in [0, 0.05) is 24.3 Å². The highest BCUT2D eigenvalue weighted by Crippen LogP contribution is 2.12. The second-order valence-corrected chi connectivity index (χ2v) is 4.64. The van der Waals surface area contributed by atoms with Gasteiger partial charge in [-0.25, -0.2) is 4.79 Å². The average Bonchev–Trinajstić information content (AvgIpc) is 2.77. The molecule has 0 aromatic carbocycles. The Morgan fingerprint density at radius 1 is 1.44 bits per heavy atom. The molecule has 2 N–H and O–H groups in total. The van der Waals surface area contributed by atoms with Crippen LogP contribution in [-0.4, -0.2) is 28.8 Å². The van der Waals surface area contributed by atoms with Crippen LogP contribution in [0.1, 0.15) is 11.8 Å². The van der Waals surface area contributed by atoms with E-state index in [9.17, 15) is 14.4 Å².